The Kier molecular flexibility index (Phi) is 5.75. The van der Waals surface area contributed by atoms with Crippen LogP contribution in [0.5, 0.6) is 5.75 Å². The summed E-state index contributed by atoms with van der Waals surface area (Å²) in [6.07, 6.45) is 7.24. The highest BCUT2D eigenvalue weighted by Crippen LogP contribution is 2.37. The largest absolute Gasteiger partial charge is 0.493 e. The van der Waals surface area contributed by atoms with Crippen molar-refractivity contribution < 1.29 is 23.8 Å². The van der Waals surface area contributed by atoms with E-state index in [-0.39, 0.29) is 28.7 Å². The molecule has 0 aromatic carbocycles. The molecule has 5 rings (SSSR count). The van der Waals surface area contributed by atoms with Crippen LogP contribution in [0.2, 0.25) is 0 Å². The van der Waals surface area contributed by atoms with E-state index >= 15 is 4.39 Å². The summed E-state index contributed by atoms with van der Waals surface area (Å²) in [6, 6.07) is 0. The van der Waals surface area contributed by atoms with Gasteiger partial charge < -0.3 is 19.5 Å². The standard InChI is InChI=1S/C22H23FN4O5S/c1-31-18-15-17(28)14(21(29)30)11-27(22-24-5-7-33-22)19(15)25-20(16(18)23)26-9-12(10-26)8-13-4-2-3-6-32-13/h5,7,11-13H,2-4,6,8-10H2,1H3,(H,29,30). The summed E-state index contributed by atoms with van der Waals surface area (Å²) in [4.78, 5) is 35.1. The van der Waals surface area contributed by atoms with E-state index in [1.165, 1.54) is 35.6 Å². The van der Waals surface area contributed by atoms with Crippen LogP contribution in [0.15, 0.2) is 22.6 Å². The lowest BCUT2D eigenvalue weighted by Crippen LogP contribution is -2.49. The van der Waals surface area contributed by atoms with Crippen molar-refractivity contribution in [3.05, 3.63) is 39.4 Å². The number of anilines is 1. The average Bonchev–Trinajstić information content (AvgIpc) is 3.31. The third kappa shape index (κ3) is 3.84. The molecule has 1 N–H and O–H groups in total. The van der Waals surface area contributed by atoms with Crippen molar-refractivity contribution in [1.29, 1.82) is 0 Å². The highest BCUT2D eigenvalue weighted by atomic mass is 32.1. The Labute approximate surface area is 192 Å². The van der Waals surface area contributed by atoms with Crippen molar-refractivity contribution in [2.75, 3.05) is 31.7 Å². The first-order valence-electron chi connectivity index (χ1n) is 10.8. The molecule has 2 saturated heterocycles. The second-order valence-corrected chi connectivity index (χ2v) is 9.21. The number of rotatable bonds is 6. The molecule has 0 spiro atoms. The van der Waals surface area contributed by atoms with Crippen LogP contribution in [-0.4, -0.2) is 58.5 Å². The number of thiazole rings is 1. The fourth-order valence-corrected chi connectivity index (χ4v) is 5.19. The van der Waals surface area contributed by atoms with Gasteiger partial charge in [0.15, 0.2) is 22.3 Å². The number of pyridine rings is 2. The molecule has 0 amide bonds. The predicted octanol–water partition coefficient (Wildman–Crippen LogP) is 3.08. The number of aromatic nitrogens is 3. The highest BCUT2D eigenvalue weighted by Gasteiger charge is 2.35. The average molecular weight is 475 g/mol. The van der Waals surface area contributed by atoms with E-state index in [1.807, 2.05) is 4.90 Å². The number of ether oxygens (including phenoxy) is 2. The minimum atomic E-state index is -1.42. The Morgan fingerprint density at radius 3 is 2.85 bits per heavy atom. The molecule has 0 saturated carbocycles. The number of hydrogen-bond donors (Lipinski definition) is 1. The summed E-state index contributed by atoms with van der Waals surface area (Å²) in [6.45, 7) is 2.03. The van der Waals surface area contributed by atoms with Gasteiger partial charge in [0, 0.05) is 37.5 Å². The van der Waals surface area contributed by atoms with Crippen LogP contribution >= 0.6 is 11.3 Å². The van der Waals surface area contributed by atoms with E-state index in [1.54, 1.807) is 11.6 Å². The SMILES string of the molecule is COc1c(F)c(N2CC(CC3CCCCO3)C2)nc2c1c(=O)c(C(=O)O)cn2-c1nccs1. The quantitative estimate of drug-likeness (QED) is 0.581. The van der Waals surface area contributed by atoms with Crippen LogP contribution in [-0.2, 0) is 4.74 Å². The summed E-state index contributed by atoms with van der Waals surface area (Å²) >= 11 is 1.24. The van der Waals surface area contributed by atoms with Gasteiger partial charge in [-0.1, -0.05) is 0 Å². The normalized spacial score (nSPS) is 19.0. The minimum absolute atomic E-state index is 0.0768. The fourth-order valence-electron chi connectivity index (χ4n) is 4.57. The first kappa shape index (κ1) is 21.8. The summed E-state index contributed by atoms with van der Waals surface area (Å²) in [5.41, 5.74) is -1.26. The molecule has 5 heterocycles. The number of carbonyl (C=O) groups is 1. The van der Waals surface area contributed by atoms with Crippen LogP contribution < -0.4 is 15.1 Å². The maximum absolute atomic E-state index is 15.5. The van der Waals surface area contributed by atoms with Crippen LogP contribution in [0.4, 0.5) is 10.2 Å². The topological polar surface area (TPSA) is 107 Å². The van der Waals surface area contributed by atoms with Gasteiger partial charge in [-0.15, -0.1) is 11.3 Å². The Morgan fingerprint density at radius 2 is 2.21 bits per heavy atom. The monoisotopic (exact) mass is 474 g/mol. The van der Waals surface area contributed by atoms with Crippen molar-refractivity contribution in [2.45, 2.75) is 31.8 Å². The lowest BCUT2D eigenvalue weighted by atomic mass is 9.90. The third-order valence-corrected chi connectivity index (χ3v) is 6.97. The molecule has 11 heteroatoms. The van der Waals surface area contributed by atoms with Gasteiger partial charge in [-0.05, 0) is 31.6 Å². The summed E-state index contributed by atoms with van der Waals surface area (Å²) in [5, 5.41) is 11.4. The van der Waals surface area contributed by atoms with E-state index in [4.69, 9.17) is 9.47 Å². The number of nitrogens with zero attached hydrogens (tertiary/aromatic N) is 4. The zero-order valence-electron chi connectivity index (χ0n) is 18.0. The molecule has 0 radical (unpaired) electrons. The molecule has 2 aliphatic heterocycles. The minimum Gasteiger partial charge on any atom is -0.493 e. The van der Waals surface area contributed by atoms with E-state index in [0.717, 1.165) is 25.9 Å². The number of methoxy groups -OCH3 is 1. The molecule has 33 heavy (non-hydrogen) atoms. The molecule has 3 aromatic rings. The van der Waals surface area contributed by atoms with Gasteiger partial charge in [-0.25, -0.2) is 14.8 Å². The predicted molar refractivity (Wildman–Crippen MR) is 120 cm³/mol. The smallest absolute Gasteiger partial charge is 0.341 e. The van der Waals surface area contributed by atoms with Crippen LogP contribution in [0.1, 0.15) is 36.0 Å². The van der Waals surface area contributed by atoms with Crippen molar-refractivity contribution in [1.82, 2.24) is 14.5 Å². The number of hydrogen-bond acceptors (Lipinski definition) is 8. The van der Waals surface area contributed by atoms with Crippen LogP contribution in [0.25, 0.3) is 16.2 Å². The van der Waals surface area contributed by atoms with Crippen molar-refractivity contribution in [2.24, 2.45) is 5.92 Å². The number of aromatic carboxylic acids is 1. The van der Waals surface area contributed by atoms with E-state index in [2.05, 4.69) is 9.97 Å². The number of fused-ring (bicyclic) bond motifs is 1. The van der Waals surface area contributed by atoms with E-state index in [0.29, 0.717) is 24.1 Å². The van der Waals surface area contributed by atoms with Crippen LogP contribution in [0, 0.1) is 11.7 Å². The molecule has 1 atom stereocenters. The lowest BCUT2D eigenvalue weighted by molar-refractivity contribution is -0.00101. The van der Waals surface area contributed by atoms with Gasteiger partial charge in [0.1, 0.15) is 10.9 Å². The van der Waals surface area contributed by atoms with E-state index in [9.17, 15) is 14.7 Å². The zero-order chi connectivity index (χ0) is 23.1. The Hall–Kier alpha value is -3.05. The van der Waals surface area contributed by atoms with Crippen molar-refractivity contribution in [3.63, 3.8) is 0 Å². The van der Waals surface area contributed by atoms with Crippen LogP contribution in [0.3, 0.4) is 0 Å². The number of carboxylic acids is 1. The third-order valence-electron chi connectivity index (χ3n) is 6.20. The summed E-state index contributed by atoms with van der Waals surface area (Å²) < 4.78 is 28.0. The van der Waals surface area contributed by atoms with Gasteiger partial charge >= 0.3 is 5.97 Å². The lowest BCUT2D eigenvalue weighted by Gasteiger charge is -2.42. The maximum Gasteiger partial charge on any atom is 0.341 e. The summed E-state index contributed by atoms with van der Waals surface area (Å²) in [5.74, 6) is -2.07. The van der Waals surface area contributed by atoms with Gasteiger partial charge in [-0.2, -0.15) is 4.39 Å². The Balaban J connectivity index is 1.57. The molecule has 0 bridgehead atoms. The van der Waals surface area contributed by atoms with Crippen molar-refractivity contribution in [3.8, 4) is 10.9 Å². The number of halogens is 1. The van der Waals surface area contributed by atoms with Gasteiger partial charge in [0.05, 0.1) is 13.2 Å². The molecule has 9 nitrogen and oxygen atoms in total. The Bertz CT molecular complexity index is 1250. The van der Waals surface area contributed by atoms with Crippen molar-refractivity contribution >= 4 is 34.2 Å². The fraction of sp³-hybridized carbons (Fsp3) is 0.455. The summed E-state index contributed by atoms with van der Waals surface area (Å²) in [7, 11) is 1.25. The molecule has 0 aliphatic carbocycles. The molecule has 1 unspecified atom stereocenters. The van der Waals surface area contributed by atoms with Gasteiger partial charge in [0.2, 0.25) is 11.2 Å². The first-order chi connectivity index (χ1) is 16.0. The molecular weight excluding hydrogens is 451 g/mol. The number of carboxylic acid groups (broad SMARTS) is 1. The first-order valence-corrected chi connectivity index (χ1v) is 11.7. The molecule has 174 valence electrons. The highest BCUT2D eigenvalue weighted by molar-refractivity contribution is 7.12. The molecule has 3 aromatic heterocycles. The zero-order valence-corrected chi connectivity index (χ0v) is 18.8. The molecular formula is C22H23FN4O5S. The molecule has 2 aliphatic rings. The second kappa shape index (κ2) is 8.71. The van der Waals surface area contributed by atoms with E-state index < -0.39 is 22.8 Å². The van der Waals surface area contributed by atoms with Gasteiger partial charge in [0.25, 0.3) is 0 Å². The molecule has 2 fully saturated rings. The second-order valence-electron chi connectivity index (χ2n) is 8.34. The Morgan fingerprint density at radius 1 is 1.39 bits per heavy atom. The maximum atomic E-state index is 15.5. The van der Waals surface area contributed by atoms with Gasteiger partial charge in [-0.3, -0.25) is 9.36 Å².